The molecule has 0 radical (unpaired) electrons. The van der Waals surface area contributed by atoms with Gasteiger partial charge in [0.2, 0.25) is 5.28 Å². The number of aromatic nitrogens is 4. The Kier molecular flexibility index (Phi) is 3.81. The van der Waals surface area contributed by atoms with Crippen LogP contribution in [0.15, 0.2) is 35.2 Å². The van der Waals surface area contributed by atoms with Crippen LogP contribution < -0.4 is 0 Å². The van der Waals surface area contributed by atoms with Crippen LogP contribution >= 0.6 is 27.5 Å². The van der Waals surface area contributed by atoms with Gasteiger partial charge in [-0.2, -0.15) is 4.98 Å². The summed E-state index contributed by atoms with van der Waals surface area (Å²) < 4.78 is 4.98. The average Bonchev–Trinajstić information content (AvgIpc) is 2.97. The van der Waals surface area contributed by atoms with Gasteiger partial charge in [-0.15, -0.1) is 0 Å². The SMILES string of the molecule is CCCc1ccn(Cn2c(Cl)nc3ncc(Br)cc32)c1. The van der Waals surface area contributed by atoms with Crippen molar-refractivity contribution in [3.8, 4) is 0 Å². The molecular formula is C14H14BrClN4. The van der Waals surface area contributed by atoms with Gasteiger partial charge in [0.05, 0.1) is 5.52 Å². The van der Waals surface area contributed by atoms with Crippen molar-refractivity contribution < 1.29 is 0 Å². The monoisotopic (exact) mass is 352 g/mol. The predicted octanol–water partition coefficient (Wildman–Crippen LogP) is 4.11. The summed E-state index contributed by atoms with van der Waals surface area (Å²) in [5.74, 6) is 0. The van der Waals surface area contributed by atoms with Gasteiger partial charge in [0.15, 0.2) is 5.65 Å². The van der Waals surface area contributed by atoms with Gasteiger partial charge >= 0.3 is 0 Å². The van der Waals surface area contributed by atoms with E-state index in [0.29, 0.717) is 17.6 Å². The second-order valence-corrected chi connectivity index (χ2v) is 5.98. The van der Waals surface area contributed by atoms with Crippen LogP contribution in [0.2, 0.25) is 5.28 Å². The van der Waals surface area contributed by atoms with Gasteiger partial charge < -0.3 is 4.57 Å². The lowest BCUT2D eigenvalue weighted by molar-refractivity contribution is 0.624. The van der Waals surface area contributed by atoms with Crippen LogP contribution in [0.3, 0.4) is 0 Å². The van der Waals surface area contributed by atoms with E-state index < -0.39 is 0 Å². The van der Waals surface area contributed by atoms with Crippen molar-refractivity contribution in [2.75, 3.05) is 0 Å². The summed E-state index contributed by atoms with van der Waals surface area (Å²) in [6, 6.07) is 4.13. The van der Waals surface area contributed by atoms with E-state index in [4.69, 9.17) is 11.6 Å². The molecule has 4 nitrogen and oxygen atoms in total. The first kappa shape index (κ1) is 13.6. The molecule has 0 unspecified atom stereocenters. The molecule has 3 aromatic heterocycles. The van der Waals surface area contributed by atoms with Crippen molar-refractivity contribution >= 4 is 38.7 Å². The van der Waals surface area contributed by atoms with Crippen molar-refractivity contribution in [1.82, 2.24) is 19.1 Å². The summed E-state index contributed by atoms with van der Waals surface area (Å²) in [6.45, 7) is 2.82. The number of aryl methyl sites for hydroxylation is 1. The number of hydrogen-bond acceptors (Lipinski definition) is 2. The third-order valence-corrected chi connectivity index (χ3v) is 3.90. The first-order chi connectivity index (χ1) is 9.67. The average molecular weight is 354 g/mol. The highest BCUT2D eigenvalue weighted by molar-refractivity contribution is 9.10. The summed E-state index contributed by atoms with van der Waals surface area (Å²) in [6.07, 6.45) is 8.19. The van der Waals surface area contributed by atoms with Crippen LogP contribution in [-0.4, -0.2) is 19.1 Å². The van der Waals surface area contributed by atoms with Crippen LogP contribution in [0.5, 0.6) is 0 Å². The topological polar surface area (TPSA) is 35.6 Å². The number of pyridine rings is 1. The summed E-state index contributed by atoms with van der Waals surface area (Å²) in [5.41, 5.74) is 2.93. The maximum atomic E-state index is 6.22. The Labute approximate surface area is 130 Å². The molecule has 0 bridgehead atoms. The molecule has 0 aliphatic rings. The Balaban J connectivity index is 1.96. The first-order valence-corrected chi connectivity index (χ1v) is 7.66. The van der Waals surface area contributed by atoms with Gasteiger partial charge in [-0.25, -0.2) is 4.98 Å². The van der Waals surface area contributed by atoms with Crippen molar-refractivity contribution in [2.24, 2.45) is 0 Å². The highest BCUT2D eigenvalue weighted by atomic mass is 79.9. The highest BCUT2D eigenvalue weighted by Gasteiger charge is 2.10. The molecule has 0 saturated carbocycles. The maximum Gasteiger partial charge on any atom is 0.206 e. The minimum atomic E-state index is 0.455. The number of fused-ring (bicyclic) bond motifs is 1. The van der Waals surface area contributed by atoms with Crippen LogP contribution in [0.25, 0.3) is 11.2 Å². The van der Waals surface area contributed by atoms with E-state index in [2.05, 4.69) is 55.8 Å². The summed E-state index contributed by atoms with van der Waals surface area (Å²) in [7, 11) is 0. The zero-order valence-corrected chi connectivity index (χ0v) is 13.4. The molecule has 3 rings (SSSR count). The molecule has 0 aliphatic carbocycles. The van der Waals surface area contributed by atoms with Crippen LogP contribution in [0.4, 0.5) is 0 Å². The maximum absolute atomic E-state index is 6.22. The molecule has 0 amide bonds. The Morgan fingerprint density at radius 1 is 1.40 bits per heavy atom. The molecule has 3 aromatic rings. The number of halogens is 2. The molecule has 0 saturated heterocycles. The lowest BCUT2D eigenvalue weighted by Crippen LogP contribution is -2.06. The number of hydrogen-bond donors (Lipinski definition) is 0. The quantitative estimate of drug-likeness (QED) is 0.707. The standard InChI is InChI=1S/C14H14BrClN4/c1-2-3-10-4-5-19(8-10)9-20-12-6-11(15)7-17-13(12)18-14(20)16/h4-8H,2-3,9H2,1H3. The van der Waals surface area contributed by atoms with Crippen molar-refractivity contribution in [3.63, 3.8) is 0 Å². The van der Waals surface area contributed by atoms with Crippen molar-refractivity contribution in [2.45, 2.75) is 26.4 Å². The van der Waals surface area contributed by atoms with E-state index in [1.807, 2.05) is 10.6 Å². The molecule has 0 fully saturated rings. The second kappa shape index (κ2) is 5.58. The van der Waals surface area contributed by atoms with Crippen LogP contribution in [-0.2, 0) is 13.1 Å². The summed E-state index contributed by atoms with van der Waals surface area (Å²) in [4.78, 5) is 8.54. The van der Waals surface area contributed by atoms with Crippen molar-refractivity contribution in [1.29, 1.82) is 0 Å². The third kappa shape index (κ3) is 2.60. The van der Waals surface area contributed by atoms with Crippen LogP contribution in [0.1, 0.15) is 18.9 Å². The summed E-state index contributed by atoms with van der Waals surface area (Å²) >= 11 is 9.65. The van der Waals surface area contributed by atoms with Gasteiger partial charge in [0.1, 0.15) is 6.67 Å². The van der Waals surface area contributed by atoms with E-state index in [0.717, 1.165) is 22.8 Å². The van der Waals surface area contributed by atoms with E-state index in [9.17, 15) is 0 Å². The number of nitrogens with zero attached hydrogens (tertiary/aromatic N) is 4. The van der Waals surface area contributed by atoms with Gasteiger partial charge in [0, 0.05) is 23.1 Å². The molecule has 6 heteroatoms. The largest absolute Gasteiger partial charge is 0.336 e. The van der Waals surface area contributed by atoms with Gasteiger partial charge in [-0.1, -0.05) is 13.3 Å². The highest BCUT2D eigenvalue weighted by Crippen LogP contribution is 2.21. The van der Waals surface area contributed by atoms with Gasteiger partial charge in [-0.05, 0) is 51.6 Å². The summed E-state index contributed by atoms with van der Waals surface area (Å²) in [5, 5.41) is 0.455. The van der Waals surface area contributed by atoms with E-state index in [1.54, 1.807) is 6.20 Å². The molecule has 0 aliphatic heterocycles. The lowest BCUT2D eigenvalue weighted by Gasteiger charge is -2.07. The molecule has 3 heterocycles. The second-order valence-electron chi connectivity index (χ2n) is 4.73. The fourth-order valence-corrected chi connectivity index (χ4v) is 2.81. The fraction of sp³-hybridized carbons (Fsp3) is 0.286. The minimum Gasteiger partial charge on any atom is -0.336 e. The molecule has 0 spiro atoms. The molecule has 0 aromatic carbocycles. The smallest absolute Gasteiger partial charge is 0.206 e. The Bertz CT molecular complexity index is 747. The number of imidazole rings is 1. The zero-order chi connectivity index (χ0) is 14.1. The van der Waals surface area contributed by atoms with E-state index in [-0.39, 0.29) is 0 Å². The number of rotatable bonds is 4. The van der Waals surface area contributed by atoms with Gasteiger partial charge in [-0.3, -0.25) is 4.57 Å². The Morgan fingerprint density at radius 2 is 2.25 bits per heavy atom. The third-order valence-electron chi connectivity index (χ3n) is 3.18. The predicted molar refractivity (Wildman–Crippen MR) is 84.1 cm³/mol. The fourth-order valence-electron chi connectivity index (χ4n) is 2.27. The minimum absolute atomic E-state index is 0.455. The first-order valence-electron chi connectivity index (χ1n) is 6.49. The molecule has 0 atom stereocenters. The van der Waals surface area contributed by atoms with Gasteiger partial charge in [0.25, 0.3) is 0 Å². The lowest BCUT2D eigenvalue weighted by atomic mass is 10.2. The molecule has 20 heavy (non-hydrogen) atoms. The molecular weight excluding hydrogens is 340 g/mol. The van der Waals surface area contributed by atoms with E-state index >= 15 is 0 Å². The normalized spacial score (nSPS) is 11.3. The molecule has 0 N–H and O–H groups in total. The van der Waals surface area contributed by atoms with Crippen molar-refractivity contribution in [3.05, 3.63) is 46.0 Å². The van der Waals surface area contributed by atoms with Crippen LogP contribution in [0, 0.1) is 0 Å². The van der Waals surface area contributed by atoms with E-state index in [1.165, 1.54) is 5.56 Å². The zero-order valence-electron chi connectivity index (χ0n) is 11.1. The Hall–Kier alpha value is -1.33. The Morgan fingerprint density at radius 3 is 3.05 bits per heavy atom. The molecule has 104 valence electrons.